The first-order valence-electron chi connectivity index (χ1n) is 4.01. The SMILES string of the molecule is CCc1ccc(N=C(N)N)cc1Br. The van der Waals surface area contributed by atoms with Crippen molar-refractivity contribution in [2.45, 2.75) is 13.3 Å². The molecule has 0 fully saturated rings. The van der Waals surface area contributed by atoms with Crippen LogP contribution in [0.4, 0.5) is 5.69 Å². The summed E-state index contributed by atoms with van der Waals surface area (Å²) in [5.41, 5.74) is 12.5. The smallest absolute Gasteiger partial charge is 0.191 e. The lowest BCUT2D eigenvalue weighted by molar-refractivity contribution is 1.13. The lowest BCUT2D eigenvalue weighted by Gasteiger charge is -2.01. The van der Waals surface area contributed by atoms with Crippen molar-refractivity contribution in [2.75, 3.05) is 0 Å². The van der Waals surface area contributed by atoms with Gasteiger partial charge >= 0.3 is 0 Å². The second kappa shape index (κ2) is 4.28. The summed E-state index contributed by atoms with van der Waals surface area (Å²) in [6.07, 6.45) is 0.989. The minimum atomic E-state index is 0.0798. The van der Waals surface area contributed by atoms with Gasteiger partial charge in [-0.3, -0.25) is 0 Å². The largest absolute Gasteiger partial charge is 0.370 e. The van der Waals surface area contributed by atoms with E-state index in [9.17, 15) is 0 Å². The molecule has 0 heterocycles. The highest BCUT2D eigenvalue weighted by atomic mass is 79.9. The zero-order chi connectivity index (χ0) is 9.84. The van der Waals surface area contributed by atoms with E-state index < -0.39 is 0 Å². The average molecular weight is 242 g/mol. The van der Waals surface area contributed by atoms with Gasteiger partial charge < -0.3 is 11.5 Å². The number of benzene rings is 1. The maximum Gasteiger partial charge on any atom is 0.191 e. The van der Waals surface area contributed by atoms with E-state index in [-0.39, 0.29) is 5.96 Å². The van der Waals surface area contributed by atoms with Crippen LogP contribution in [0.3, 0.4) is 0 Å². The van der Waals surface area contributed by atoms with Gasteiger partial charge in [0, 0.05) is 4.47 Å². The standard InChI is InChI=1S/C9H12BrN3/c1-2-6-3-4-7(5-8(6)10)13-9(11)12/h3-5H,2H2,1H3,(H4,11,12,13). The maximum atomic E-state index is 5.26. The summed E-state index contributed by atoms with van der Waals surface area (Å²) < 4.78 is 1.04. The number of hydrogen-bond donors (Lipinski definition) is 2. The van der Waals surface area contributed by atoms with Crippen LogP contribution in [0, 0.1) is 0 Å². The molecular weight excluding hydrogens is 230 g/mol. The summed E-state index contributed by atoms with van der Waals surface area (Å²) in [7, 11) is 0. The molecule has 0 unspecified atom stereocenters. The number of guanidine groups is 1. The van der Waals surface area contributed by atoms with Crippen molar-refractivity contribution in [1.29, 1.82) is 0 Å². The quantitative estimate of drug-likeness (QED) is 0.614. The van der Waals surface area contributed by atoms with Crippen molar-refractivity contribution >= 4 is 27.6 Å². The molecule has 13 heavy (non-hydrogen) atoms. The molecule has 4 heteroatoms. The Bertz CT molecular complexity index is 330. The second-order valence-electron chi connectivity index (χ2n) is 2.67. The first-order chi connectivity index (χ1) is 6.13. The summed E-state index contributed by atoms with van der Waals surface area (Å²) >= 11 is 3.45. The molecule has 0 saturated carbocycles. The summed E-state index contributed by atoms with van der Waals surface area (Å²) in [6.45, 7) is 2.10. The number of hydrogen-bond acceptors (Lipinski definition) is 1. The highest BCUT2D eigenvalue weighted by Crippen LogP contribution is 2.23. The van der Waals surface area contributed by atoms with Crippen LogP contribution in [0.5, 0.6) is 0 Å². The summed E-state index contributed by atoms with van der Waals surface area (Å²) in [4.78, 5) is 3.94. The molecule has 1 rings (SSSR count). The van der Waals surface area contributed by atoms with Gasteiger partial charge in [-0.05, 0) is 24.1 Å². The molecule has 0 saturated heterocycles. The summed E-state index contributed by atoms with van der Waals surface area (Å²) in [5.74, 6) is 0.0798. The molecule has 1 aromatic rings. The van der Waals surface area contributed by atoms with Gasteiger partial charge in [0.2, 0.25) is 0 Å². The first kappa shape index (κ1) is 10.1. The normalized spacial score (nSPS) is 9.69. The summed E-state index contributed by atoms with van der Waals surface area (Å²) in [5, 5.41) is 0. The maximum absolute atomic E-state index is 5.26. The van der Waals surface area contributed by atoms with Crippen LogP contribution in [0.1, 0.15) is 12.5 Å². The van der Waals surface area contributed by atoms with Gasteiger partial charge in [-0.25, -0.2) is 4.99 Å². The van der Waals surface area contributed by atoms with E-state index in [1.165, 1.54) is 5.56 Å². The monoisotopic (exact) mass is 241 g/mol. The molecule has 0 bridgehead atoms. The number of halogens is 1. The third-order valence-corrected chi connectivity index (χ3v) is 2.41. The predicted molar refractivity (Wildman–Crippen MR) is 59.0 cm³/mol. The molecule has 0 aromatic heterocycles. The molecular formula is C9H12BrN3. The third kappa shape index (κ3) is 2.73. The Morgan fingerprint density at radius 3 is 2.62 bits per heavy atom. The van der Waals surface area contributed by atoms with Crippen LogP contribution in [0.2, 0.25) is 0 Å². The molecule has 0 aliphatic heterocycles. The predicted octanol–water partition coefficient (Wildman–Crippen LogP) is 1.92. The number of nitrogens with zero attached hydrogens (tertiary/aromatic N) is 1. The van der Waals surface area contributed by atoms with Gasteiger partial charge in [0.1, 0.15) is 0 Å². The topological polar surface area (TPSA) is 64.4 Å². The Morgan fingerprint density at radius 2 is 2.15 bits per heavy atom. The van der Waals surface area contributed by atoms with Gasteiger partial charge in [-0.15, -0.1) is 0 Å². The molecule has 0 atom stereocenters. The van der Waals surface area contributed by atoms with Crippen molar-refractivity contribution in [2.24, 2.45) is 16.5 Å². The molecule has 70 valence electrons. The van der Waals surface area contributed by atoms with E-state index in [0.717, 1.165) is 16.6 Å². The van der Waals surface area contributed by atoms with Crippen molar-refractivity contribution in [3.63, 3.8) is 0 Å². The van der Waals surface area contributed by atoms with E-state index in [4.69, 9.17) is 11.5 Å². The van der Waals surface area contributed by atoms with Gasteiger partial charge in [0.15, 0.2) is 5.96 Å². The van der Waals surface area contributed by atoms with E-state index in [1.807, 2.05) is 18.2 Å². The minimum absolute atomic E-state index is 0.0798. The van der Waals surface area contributed by atoms with E-state index in [2.05, 4.69) is 27.8 Å². The number of aliphatic imine (C=N–C) groups is 1. The van der Waals surface area contributed by atoms with Crippen molar-refractivity contribution < 1.29 is 0 Å². The lowest BCUT2D eigenvalue weighted by Crippen LogP contribution is -2.21. The fraction of sp³-hybridized carbons (Fsp3) is 0.222. The molecule has 3 nitrogen and oxygen atoms in total. The average Bonchev–Trinajstić information content (AvgIpc) is 2.03. The first-order valence-corrected chi connectivity index (χ1v) is 4.81. The highest BCUT2D eigenvalue weighted by molar-refractivity contribution is 9.10. The van der Waals surface area contributed by atoms with Gasteiger partial charge in [-0.2, -0.15) is 0 Å². The van der Waals surface area contributed by atoms with Crippen LogP contribution >= 0.6 is 15.9 Å². The van der Waals surface area contributed by atoms with Crippen molar-refractivity contribution in [3.8, 4) is 0 Å². The third-order valence-electron chi connectivity index (χ3n) is 1.68. The Labute approximate surface area is 86.0 Å². The van der Waals surface area contributed by atoms with Crippen molar-refractivity contribution in [1.82, 2.24) is 0 Å². The van der Waals surface area contributed by atoms with E-state index in [1.54, 1.807) is 0 Å². The Kier molecular flexibility index (Phi) is 3.31. The Balaban J connectivity index is 3.03. The summed E-state index contributed by atoms with van der Waals surface area (Å²) in [6, 6.07) is 5.80. The molecule has 0 aliphatic rings. The zero-order valence-electron chi connectivity index (χ0n) is 7.42. The van der Waals surface area contributed by atoms with Crippen molar-refractivity contribution in [3.05, 3.63) is 28.2 Å². The number of rotatable bonds is 2. The highest BCUT2D eigenvalue weighted by Gasteiger charge is 1.98. The lowest BCUT2D eigenvalue weighted by atomic mass is 10.1. The molecule has 0 amide bonds. The molecule has 0 radical (unpaired) electrons. The fourth-order valence-corrected chi connectivity index (χ4v) is 1.69. The van der Waals surface area contributed by atoms with E-state index in [0.29, 0.717) is 0 Å². The van der Waals surface area contributed by atoms with E-state index >= 15 is 0 Å². The zero-order valence-corrected chi connectivity index (χ0v) is 9.01. The van der Waals surface area contributed by atoms with Crippen LogP contribution in [0.25, 0.3) is 0 Å². The second-order valence-corrected chi connectivity index (χ2v) is 3.52. The molecule has 0 aliphatic carbocycles. The van der Waals surface area contributed by atoms with Crippen LogP contribution < -0.4 is 11.5 Å². The fourth-order valence-electron chi connectivity index (χ4n) is 1.04. The van der Waals surface area contributed by atoms with Gasteiger partial charge in [0.05, 0.1) is 5.69 Å². The minimum Gasteiger partial charge on any atom is -0.370 e. The van der Waals surface area contributed by atoms with Crippen LogP contribution in [-0.4, -0.2) is 5.96 Å². The molecule has 0 spiro atoms. The van der Waals surface area contributed by atoms with Gasteiger partial charge in [-0.1, -0.05) is 28.9 Å². The number of aryl methyl sites for hydroxylation is 1. The molecule has 1 aromatic carbocycles. The Hall–Kier alpha value is -1.03. The Morgan fingerprint density at radius 1 is 1.46 bits per heavy atom. The number of nitrogens with two attached hydrogens (primary N) is 2. The van der Waals surface area contributed by atoms with Crippen LogP contribution in [-0.2, 0) is 6.42 Å². The molecule has 4 N–H and O–H groups in total. The van der Waals surface area contributed by atoms with Gasteiger partial charge in [0.25, 0.3) is 0 Å². The van der Waals surface area contributed by atoms with Crippen LogP contribution in [0.15, 0.2) is 27.7 Å².